The maximum atomic E-state index is 13.3. The van der Waals surface area contributed by atoms with Gasteiger partial charge in [0, 0.05) is 11.8 Å². The predicted octanol–water partition coefficient (Wildman–Crippen LogP) is 3.39. The number of benzene rings is 1. The monoisotopic (exact) mass is 345 g/mol. The molecule has 0 unspecified atom stereocenters. The molecule has 0 spiro atoms. The van der Waals surface area contributed by atoms with Crippen LogP contribution >= 0.6 is 31.9 Å². The van der Waals surface area contributed by atoms with Gasteiger partial charge in [0.05, 0.1) is 8.95 Å². The highest BCUT2D eigenvalue weighted by Crippen LogP contribution is 2.24. The highest BCUT2D eigenvalue weighted by molar-refractivity contribution is 9.10. The average molecular weight is 347 g/mol. The van der Waals surface area contributed by atoms with Crippen molar-refractivity contribution in [2.75, 3.05) is 5.73 Å². The Bertz CT molecular complexity index is 496. The van der Waals surface area contributed by atoms with Crippen molar-refractivity contribution in [3.63, 3.8) is 0 Å². The number of nitrogen functional groups attached to an aromatic ring is 1. The molecule has 0 aliphatic heterocycles. The van der Waals surface area contributed by atoms with E-state index in [0.717, 1.165) is 0 Å². The lowest BCUT2D eigenvalue weighted by atomic mass is 10.2. The highest BCUT2D eigenvalue weighted by atomic mass is 79.9. The molecule has 2 rings (SSSR count). The van der Waals surface area contributed by atoms with Gasteiger partial charge in [-0.15, -0.1) is 0 Å². The molecule has 2 N–H and O–H groups in total. The quantitative estimate of drug-likeness (QED) is 0.861. The molecular formula is C10H6Br2FN3. The van der Waals surface area contributed by atoms with E-state index in [4.69, 9.17) is 5.73 Å². The molecule has 0 fully saturated rings. The minimum atomic E-state index is -0.359. The molecule has 1 heterocycles. The van der Waals surface area contributed by atoms with Gasteiger partial charge >= 0.3 is 0 Å². The summed E-state index contributed by atoms with van der Waals surface area (Å²) in [6, 6.07) is 4.68. The Morgan fingerprint density at radius 1 is 1.19 bits per heavy atom. The molecule has 6 heteroatoms. The topological polar surface area (TPSA) is 51.8 Å². The van der Waals surface area contributed by atoms with Gasteiger partial charge in [-0.3, -0.25) is 0 Å². The van der Waals surface area contributed by atoms with Gasteiger partial charge < -0.3 is 5.73 Å². The Kier molecular flexibility index (Phi) is 3.20. The van der Waals surface area contributed by atoms with Crippen molar-refractivity contribution in [3.8, 4) is 11.4 Å². The lowest BCUT2D eigenvalue weighted by Crippen LogP contribution is -1.96. The number of nitrogens with zero attached hydrogens (tertiary/aromatic N) is 2. The summed E-state index contributed by atoms with van der Waals surface area (Å²) in [7, 11) is 0. The lowest BCUT2D eigenvalue weighted by molar-refractivity contribution is 0.621. The zero-order valence-corrected chi connectivity index (χ0v) is 11.1. The average Bonchev–Trinajstić information content (AvgIpc) is 2.26. The molecule has 3 nitrogen and oxygen atoms in total. The number of nitrogens with two attached hydrogens (primary N) is 1. The molecule has 0 aliphatic carbocycles. The molecule has 0 amide bonds. The maximum absolute atomic E-state index is 13.3. The third kappa shape index (κ3) is 2.22. The Morgan fingerprint density at radius 3 is 2.56 bits per heavy atom. The number of hydrogen-bond acceptors (Lipinski definition) is 3. The van der Waals surface area contributed by atoms with Gasteiger partial charge in [0.25, 0.3) is 0 Å². The molecule has 82 valence electrons. The first-order chi connectivity index (χ1) is 7.58. The summed E-state index contributed by atoms with van der Waals surface area (Å²) in [6.07, 6.45) is 1.54. The van der Waals surface area contributed by atoms with Crippen LogP contribution in [0, 0.1) is 5.82 Å². The van der Waals surface area contributed by atoms with Crippen LogP contribution < -0.4 is 5.73 Å². The van der Waals surface area contributed by atoms with E-state index in [-0.39, 0.29) is 5.82 Å². The van der Waals surface area contributed by atoms with Crippen molar-refractivity contribution in [1.29, 1.82) is 0 Å². The van der Waals surface area contributed by atoms with Gasteiger partial charge in [-0.05, 0) is 50.1 Å². The highest BCUT2D eigenvalue weighted by Gasteiger charge is 2.07. The van der Waals surface area contributed by atoms with E-state index in [9.17, 15) is 4.39 Å². The zero-order valence-electron chi connectivity index (χ0n) is 7.92. The first-order valence-electron chi connectivity index (χ1n) is 4.31. The van der Waals surface area contributed by atoms with E-state index < -0.39 is 0 Å². The molecule has 0 atom stereocenters. The van der Waals surface area contributed by atoms with Crippen LogP contribution in [0.3, 0.4) is 0 Å². The minimum absolute atomic E-state index is 0.327. The maximum Gasteiger partial charge on any atom is 0.161 e. The van der Waals surface area contributed by atoms with Gasteiger partial charge in [-0.25, -0.2) is 14.4 Å². The largest absolute Gasteiger partial charge is 0.383 e. The summed E-state index contributed by atoms with van der Waals surface area (Å²) >= 11 is 6.28. The van der Waals surface area contributed by atoms with Crippen LogP contribution in [-0.4, -0.2) is 9.97 Å². The van der Waals surface area contributed by atoms with Gasteiger partial charge in [-0.1, -0.05) is 0 Å². The van der Waals surface area contributed by atoms with E-state index in [1.807, 2.05) is 0 Å². The lowest BCUT2D eigenvalue weighted by Gasteiger charge is -2.03. The van der Waals surface area contributed by atoms with Crippen LogP contribution in [0.5, 0.6) is 0 Å². The second-order valence-electron chi connectivity index (χ2n) is 3.06. The molecule has 1 aromatic heterocycles. The van der Waals surface area contributed by atoms with Crippen LogP contribution in [-0.2, 0) is 0 Å². The van der Waals surface area contributed by atoms with Crippen LogP contribution in [0.1, 0.15) is 0 Å². The van der Waals surface area contributed by atoms with Gasteiger partial charge in [0.15, 0.2) is 5.82 Å². The summed E-state index contributed by atoms with van der Waals surface area (Å²) in [6.45, 7) is 0. The zero-order chi connectivity index (χ0) is 11.7. The van der Waals surface area contributed by atoms with E-state index >= 15 is 0 Å². The molecule has 0 radical (unpaired) electrons. The molecule has 1 aromatic carbocycles. The normalized spacial score (nSPS) is 10.4. The van der Waals surface area contributed by atoms with Crippen molar-refractivity contribution >= 4 is 37.7 Å². The fourth-order valence-corrected chi connectivity index (χ4v) is 1.59. The Labute approximate surface area is 108 Å². The first-order valence-corrected chi connectivity index (χ1v) is 5.90. The van der Waals surface area contributed by atoms with E-state index in [0.29, 0.717) is 26.2 Å². The Morgan fingerprint density at radius 2 is 1.94 bits per heavy atom. The van der Waals surface area contributed by atoms with Crippen LogP contribution in [0.2, 0.25) is 0 Å². The first kappa shape index (κ1) is 11.5. The number of hydrogen-bond donors (Lipinski definition) is 1. The number of rotatable bonds is 1. The third-order valence-electron chi connectivity index (χ3n) is 1.95. The summed E-state index contributed by atoms with van der Waals surface area (Å²) in [5.41, 5.74) is 6.21. The second kappa shape index (κ2) is 4.47. The summed E-state index contributed by atoms with van der Waals surface area (Å²) in [5.74, 6) is 0.364. The van der Waals surface area contributed by atoms with Crippen molar-refractivity contribution in [3.05, 3.63) is 39.2 Å². The summed E-state index contributed by atoms with van der Waals surface area (Å²) in [4.78, 5) is 8.11. The number of halogens is 3. The van der Waals surface area contributed by atoms with Crippen LogP contribution in [0.25, 0.3) is 11.4 Å². The van der Waals surface area contributed by atoms with Gasteiger partial charge in [0.1, 0.15) is 11.6 Å². The molecule has 0 aliphatic rings. The smallest absolute Gasteiger partial charge is 0.161 e. The molecule has 16 heavy (non-hydrogen) atoms. The molecule has 2 aromatic rings. The van der Waals surface area contributed by atoms with Crippen LogP contribution in [0.4, 0.5) is 10.2 Å². The summed E-state index contributed by atoms with van der Waals surface area (Å²) in [5, 5.41) is 0. The number of anilines is 1. The summed E-state index contributed by atoms with van der Waals surface area (Å²) < 4.78 is 14.3. The third-order valence-corrected chi connectivity index (χ3v) is 3.20. The number of aromatic nitrogens is 2. The standard InChI is InChI=1S/C10H6Br2FN3/c11-6-2-1-5(3-8(6)13)10-15-4-7(12)9(14)16-10/h1-4H,(H2,14,15,16). The second-order valence-corrected chi connectivity index (χ2v) is 4.76. The predicted molar refractivity (Wildman–Crippen MR) is 67.2 cm³/mol. The van der Waals surface area contributed by atoms with E-state index in [1.54, 1.807) is 12.1 Å². The van der Waals surface area contributed by atoms with Crippen molar-refractivity contribution < 1.29 is 4.39 Å². The van der Waals surface area contributed by atoms with Crippen molar-refractivity contribution in [2.45, 2.75) is 0 Å². The molecular weight excluding hydrogens is 341 g/mol. The fraction of sp³-hybridized carbons (Fsp3) is 0. The van der Waals surface area contributed by atoms with Gasteiger partial charge in [-0.2, -0.15) is 0 Å². The Hall–Kier alpha value is -1.01. The molecule has 0 bridgehead atoms. The van der Waals surface area contributed by atoms with Crippen molar-refractivity contribution in [1.82, 2.24) is 9.97 Å². The SMILES string of the molecule is Nc1nc(-c2ccc(Br)c(F)c2)ncc1Br. The fourth-order valence-electron chi connectivity index (χ4n) is 1.15. The molecule has 0 saturated heterocycles. The van der Waals surface area contributed by atoms with E-state index in [1.165, 1.54) is 12.3 Å². The van der Waals surface area contributed by atoms with Crippen molar-refractivity contribution in [2.24, 2.45) is 0 Å². The van der Waals surface area contributed by atoms with Crippen LogP contribution in [0.15, 0.2) is 33.3 Å². The Balaban J connectivity index is 2.50. The molecule has 0 saturated carbocycles. The minimum Gasteiger partial charge on any atom is -0.383 e. The van der Waals surface area contributed by atoms with Gasteiger partial charge in [0.2, 0.25) is 0 Å². The van der Waals surface area contributed by atoms with E-state index in [2.05, 4.69) is 41.8 Å².